The van der Waals surface area contributed by atoms with Gasteiger partial charge in [-0.25, -0.2) is 13.6 Å². The van der Waals surface area contributed by atoms with Gasteiger partial charge in [0.25, 0.3) is 6.43 Å². The Morgan fingerprint density at radius 2 is 2.20 bits per heavy atom. The Morgan fingerprint density at radius 1 is 1.40 bits per heavy atom. The van der Waals surface area contributed by atoms with Gasteiger partial charge in [0, 0.05) is 11.1 Å². The molecule has 0 atom stereocenters. The minimum atomic E-state index is -2.55. The lowest BCUT2D eigenvalue weighted by atomic mass is 10.1. The molecule has 0 fully saturated rings. The summed E-state index contributed by atoms with van der Waals surface area (Å²) >= 11 is 0. The molecule has 6 heteroatoms. The molecule has 15 heavy (non-hydrogen) atoms. The van der Waals surface area contributed by atoms with Crippen LogP contribution >= 0.6 is 0 Å². The van der Waals surface area contributed by atoms with E-state index in [9.17, 15) is 13.6 Å². The first kappa shape index (κ1) is 9.57. The van der Waals surface area contributed by atoms with Crippen molar-refractivity contribution in [1.29, 1.82) is 0 Å². The van der Waals surface area contributed by atoms with Crippen molar-refractivity contribution in [3.05, 3.63) is 40.4 Å². The molecule has 1 N–H and O–H groups in total. The fourth-order valence-corrected chi connectivity index (χ4v) is 1.18. The smallest absolute Gasteiger partial charge is 0.296 e. The van der Waals surface area contributed by atoms with E-state index in [-0.39, 0.29) is 11.4 Å². The first-order valence-electron chi connectivity index (χ1n) is 4.11. The van der Waals surface area contributed by atoms with Crippen LogP contribution in [0.4, 0.5) is 8.78 Å². The van der Waals surface area contributed by atoms with Crippen molar-refractivity contribution < 1.29 is 13.3 Å². The van der Waals surface area contributed by atoms with Crippen LogP contribution in [0.5, 0.6) is 0 Å². The van der Waals surface area contributed by atoms with E-state index >= 15 is 0 Å². The highest BCUT2D eigenvalue weighted by Crippen LogP contribution is 2.22. The third kappa shape index (κ3) is 1.93. The molecule has 1 aromatic carbocycles. The summed E-state index contributed by atoms with van der Waals surface area (Å²) in [4.78, 5) is 12.9. The van der Waals surface area contributed by atoms with Gasteiger partial charge in [0.2, 0.25) is 0 Å². The predicted octanol–water partition coefficient (Wildman–Crippen LogP) is 1.97. The van der Waals surface area contributed by atoms with Gasteiger partial charge in [-0.3, -0.25) is 9.51 Å². The highest BCUT2D eigenvalue weighted by Gasteiger charge is 2.10. The molecule has 0 spiro atoms. The van der Waals surface area contributed by atoms with Crippen LogP contribution in [0, 0.1) is 0 Å². The summed E-state index contributed by atoms with van der Waals surface area (Å²) < 4.78 is 29.0. The van der Waals surface area contributed by atoms with Crippen molar-refractivity contribution in [3.63, 3.8) is 0 Å². The third-order valence-electron chi connectivity index (χ3n) is 1.85. The molecule has 0 amide bonds. The van der Waals surface area contributed by atoms with Gasteiger partial charge < -0.3 is 0 Å². The van der Waals surface area contributed by atoms with Gasteiger partial charge >= 0.3 is 5.76 Å². The summed E-state index contributed by atoms with van der Waals surface area (Å²) in [7, 11) is 0. The molecule has 0 aliphatic rings. The number of nitrogens with one attached hydrogen (secondary N) is 1. The number of nitrogens with zero attached hydrogens (tertiary/aromatic N) is 1. The summed E-state index contributed by atoms with van der Waals surface area (Å²) in [5.74, 6) is -0.574. The molecular weight excluding hydrogens is 206 g/mol. The lowest BCUT2D eigenvalue weighted by molar-refractivity contribution is 0.151. The van der Waals surface area contributed by atoms with Crippen molar-refractivity contribution in [2.75, 3.05) is 0 Å². The van der Waals surface area contributed by atoms with Crippen molar-refractivity contribution in [1.82, 2.24) is 10.1 Å². The lowest BCUT2D eigenvalue weighted by Crippen LogP contribution is -1.95. The Morgan fingerprint density at radius 3 is 2.80 bits per heavy atom. The fraction of sp³-hybridized carbons (Fsp3) is 0.111. The number of benzene rings is 1. The largest absolute Gasteiger partial charge is 0.439 e. The minimum Gasteiger partial charge on any atom is -0.296 e. The minimum absolute atomic E-state index is 0.128. The van der Waals surface area contributed by atoms with E-state index in [1.54, 1.807) is 6.07 Å². The van der Waals surface area contributed by atoms with Crippen molar-refractivity contribution in [2.24, 2.45) is 0 Å². The molecule has 0 saturated heterocycles. The molecule has 0 unspecified atom stereocenters. The zero-order chi connectivity index (χ0) is 10.8. The van der Waals surface area contributed by atoms with E-state index in [4.69, 9.17) is 0 Å². The van der Waals surface area contributed by atoms with E-state index in [1.165, 1.54) is 18.2 Å². The van der Waals surface area contributed by atoms with Crippen LogP contribution in [-0.2, 0) is 0 Å². The third-order valence-corrected chi connectivity index (χ3v) is 1.85. The maximum atomic E-state index is 12.4. The Balaban J connectivity index is 2.45. The molecular formula is C9H6F2N2O2. The van der Waals surface area contributed by atoms with Crippen LogP contribution in [0.2, 0.25) is 0 Å². The standard InChI is InChI=1S/C9H6F2N2O2/c10-7(11)5-2-1-3-6(4-5)8-12-9(14)15-13-8/h1-4,7H,(H,12,13,14). The van der Waals surface area contributed by atoms with Crippen LogP contribution < -0.4 is 5.76 Å². The molecule has 1 heterocycles. The first-order valence-corrected chi connectivity index (χ1v) is 4.11. The number of hydrogen-bond donors (Lipinski definition) is 1. The van der Waals surface area contributed by atoms with Crippen molar-refractivity contribution in [3.8, 4) is 11.4 Å². The molecule has 1 aromatic heterocycles. The Labute approximate surface area is 82.5 Å². The Hall–Kier alpha value is -1.98. The molecule has 0 bridgehead atoms. The quantitative estimate of drug-likeness (QED) is 0.827. The summed E-state index contributed by atoms with van der Waals surface area (Å²) in [5.41, 5.74) is 0.259. The number of halogens is 2. The van der Waals surface area contributed by atoms with Crippen molar-refractivity contribution >= 4 is 0 Å². The fourth-order valence-electron chi connectivity index (χ4n) is 1.18. The van der Waals surface area contributed by atoms with Gasteiger partial charge in [0.1, 0.15) is 0 Å². The SMILES string of the molecule is O=c1[nH]c(-c2cccc(C(F)F)c2)no1. The predicted molar refractivity (Wildman–Crippen MR) is 47.5 cm³/mol. The molecule has 78 valence electrons. The summed E-state index contributed by atoms with van der Waals surface area (Å²) in [5, 5.41) is 3.40. The molecule has 0 aliphatic heterocycles. The number of hydrogen-bond acceptors (Lipinski definition) is 3. The summed E-state index contributed by atoms with van der Waals surface area (Å²) in [6, 6.07) is 5.56. The highest BCUT2D eigenvalue weighted by atomic mass is 19.3. The molecule has 2 aromatic rings. The second-order valence-electron chi connectivity index (χ2n) is 2.87. The molecule has 4 nitrogen and oxygen atoms in total. The average molecular weight is 212 g/mol. The number of rotatable bonds is 2. The first-order chi connectivity index (χ1) is 7.16. The van der Waals surface area contributed by atoms with Crippen LogP contribution in [0.15, 0.2) is 33.6 Å². The topological polar surface area (TPSA) is 58.9 Å². The van der Waals surface area contributed by atoms with E-state index < -0.39 is 12.2 Å². The van der Waals surface area contributed by atoms with E-state index in [0.717, 1.165) is 0 Å². The van der Waals surface area contributed by atoms with E-state index in [2.05, 4.69) is 14.7 Å². The summed E-state index contributed by atoms with van der Waals surface area (Å²) in [6.07, 6.45) is -2.55. The zero-order valence-electron chi connectivity index (χ0n) is 7.41. The van der Waals surface area contributed by atoms with E-state index in [1.807, 2.05) is 0 Å². The van der Waals surface area contributed by atoms with Crippen LogP contribution in [0.3, 0.4) is 0 Å². The monoisotopic (exact) mass is 212 g/mol. The number of alkyl halides is 2. The number of H-pyrrole nitrogens is 1. The highest BCUT2D eigenvalue weighted by molar-refractivity contribution is 5.55. The van der Waals surface area contributed by atoms with Crippen LogP contribution in [-0.4, -0.2) is 10.1 Å². The zero-order valence-corrected chi connectivity index (χ0v) is 7.41. The van der Waals surface area contributed by atoms with Crippen LogP contribution in [0.1, 0.15) is 12.0 Å². The Kier molecular flexibility index (Phi) is 2.32. The summed E-state index contributed by atoms with van der Waals surface area (Å²) in [6.45, 7) is 0. The van der Waals surface area contributed by atoms with Crippen molar-refractivity contribution in [2.45, 2.75) is 6.43 Å². The average Bonchev–Trinajstić information content (AvgIpc) is 2.65. The number of aromatic nitrogens is 2. The second-order valence-corrected chi connectivity index (χ2v) is 2.87. The molecule has 0 aliphatic carbocycles. The Bertz CT molecular complexity index is 519. The van der Waals surface area contributed by atoms with Gasteiger partial charge in [0.15, 0.2) is 5.82 Å². The number of aromatic amines is 1. The van der Waals surface area contributed by atoms with E-state index in [0.29, 0.717) is 5.56 Å². The van der Waals surface area contributed by atoms with Gasteiger partial charge in [-0.15, -0.1) is 0 Å². The molecule has 2 rings (SSSR count). The molecule has 0 saturated carbocycles. The van der Waals surface area contributed by atoms with Gasteiger partial charge in [-0.05, 0) is 6.07 Å². The van der Waals surface area contributed by atoms with Gasteiger partial charge in [-0.1, -0.05) is 23.4 Å². The maximum Gasteiger partial charge on any atom is 0.439 e. The normalized spacial score (nSPS) is 10.9. The molecule has 0 radical (unpaired) electrons. The second kappa shape index (κ2) is 3.64. The lowest BCUT2D eigenvalue weighted by Gasteiger charge is -2.00. The van der Waals surface area contributed by atoms with Gasteiger partial charge in [0.05, 0.1) is 0 Å². The van der Waals surface area contributed by atoms with Crippen LogP contribution in [0.25, 0.3) is 11.4 Å². The maximum absolute atomic E-state index is 12.4. The van der Waals surface area contributed by atoms with Gasteiger partial charge in [-0.2, -0.15) is 0 Å².